The maximum absolute atomic E-state index is 14.5. The van der Waals surface area contributed by atoms with Gasteiger partial charge in [0, 0.05) is 21.5 Å². The van der Waals surface area contributed by atoms with Crippen LogP contribution in [0.3, 0.4) is 0 Å². The van der Waals surface area contributed by atoms with Crippen LogP contribution in [0.25, 0.3) is 74.6 Å². The second-order valence-corrected chi connectivity index (χ2v) is 17.8. The van der Waals surface area contributed by atoms with Crippen LogP contribution in [-0.2, 0) is 22.7 Å². The van der Waals surface area contributed by atoms with Crippen molar-refractivity contribution in [1.82, 2.24) is 9.13 Å². The van der Waals surface area contributed by atoms with E-state index in [0.717, 1.165) is 55.3 Å². The van der Waals surface area contributed by atoms with Crippen molar-refractivity contribution in [3.8, 4) is 0 Å². The number of benzene rings is 6. The lowest BCUT2D eigenvalue weighted by Crippen LogP contribution is -2.31. The van der Waals surface area contributed by atoms with Gasteiger partial charge in [-0.1, -0.05) is 109 Å². The van der Waals surface area contributed by atoms with Gasteiger partial charge in [-0.05, 0) is 69.1 Å². The molecule has 0 atom stereocenters. The molecule has 14 heteroatoms. The number of hydrogen-bond acceptors (Lipinski definition) is 12. The van der Waals surface area contributed by atoms with Crippen LogP contribution in [-0.4, -0.2) is 21.3 Å². The van der Waals surface area contributed by atoms with Crippen molar-refractivity contribution >= 4 is 119 Å². The molecular formula is C52H28N4O8S2. The second-order valence-electron chi connectivity index (χ2n) is 15.8. The van der Waals surface area contributed by atoms with Gasteiger partial charge in [-0.15, -0.1) is 22.7 Å². The second kappa shape index (κ2) is 15.1. The summed E-state index contributed by atoms with van der Waals surface area (Å²) in [6.07, 6.45) is -1.57. The number of nitrogens with zero attached hydrogens (tertiary/aromatic N) is 4. The zero-order chi connectivity index (χ0) is 44.8. The Hall–Kier alpha value is -8.46. The van der Waals surface area contributed by atoms with Crippen molar-refractivity contribution in [3.63, 3.8) is 0 Å². The number of fused-ring (bicyclic) bond motifs is 9. The van der Waals surface area contributed by atoms with Crippen LogP contribution in [0.15, 0.2) is 175 Å². The molecule has 0 saturated heterocycles. The van der Waals surface area contributed by atoms with Gasteiger partial charge in [-0.25, -0.2) is 28.7 Å². The Balaban J connectivity index is 1.09. The Morgan fingerprint density at radius 3 is 1.09 bits per heavy atom. The van der Waals surface area contributed by atoms with Crippen LogP contribution >= 0.6 is 22.7 Å². The minimum Gasteiger partial charge on any atom is -0.444 e. The summed E-state index contributed by atoms with van der Waals surface area (Å²) in [6, 6.07) is 43.1. The van der Waals surface area contributed by atoms with Crippen LogP contribution < -0.4 is 32.4 Å². The number of rotatable bonds is 6. The third kappa shape index (κ3) is 6.18. The molecule has 4 heterocycles. The summed E-state index contributed by atoms with van der Waals surface area (Å²) in [7, 11) is 0. The first-order valence-corrected chi connectivity index (χ1v) is 22.3. The zero-order valence-corrected chi connectivity index (χ0v) is 35.8. The highest BCUT2D eigenvalue weighted by Crippen LogP contribution is 2.47. The molecule has 0 radical (unpaired) electrons. The van der Waals surface area contributed by atoms with E-state index in [1.165, 1.54) is 9.13 Å². The van der Waals surface area contributed by atoms with E-state index in [4.69, 9.17) is 9.47 Å². The molecule has 66 heavy (non-hydrogen) atoms. The van der Waals surface area contributed by atoms with E-state index in [2.05, 4.69) is 9.98 Å². The predicted octanol–water partition coefficient (Wildman–Crippen LogP) is 9.51. The lowest BCUT2D eigenvalue weighted by molar-refractivity contribution is 0.142. The summed E-state index contributed by atoms with van der Waals surface area (Å²) in [5.41, 5.74) is 0.521. The van der Waals surface area contributed by atoms with Crippen molar-refractivity contribution in [3.05, 3.63) is 208 Å². The molecule has 12 rings (SSSR count). The van der Waals surface area contributed by atoms with Crippen molar-refractivity contribution in [2.24, 2.45) is 9.98 Å². The summed E-state index contributed by atoms with van der Waals surface area (Å²) in [6.45, 7) is -0.163. The highest BCUT2D eigenvalue weighted by Gasteiger charge is 2.31. The average molecular weight is 901 g/mol. The maximum Gasteiger partial charge on any atom is 0.419 e. The Morgan fingerprint density at radius 1 is 0.439 bits per heavy atom. The van der Waals surface area contributed by atoms with Gasteiger partial charge in [-0.2, -0.15) is 0 Å². The Morgan fingerprint density at radius 2 is 0.758 bits per heavy atom. The molecule has 0 N–H and O–H groups in total. The monoisotopic (exact) mass is 900 g/mol. The topological polar surface area (TPSA) is 155 Å². The van der Waals surface area contributed by atoms with Crippen LogP contribution in [0.4, 0.5) is 19.6 Å². The molecule has 0 amide bonds. The van der Waals surface area contributed by atoms with E-state index in [9.17, 15) is 28.8 Å². The largest absolute Gasteiger partial charge is 0.444 e. The van der Waals surface area contributed by atoms with Crippen LogP contribution in [0, 0.1) is 0 Å². The first kappa shape index (κ1) is 39.2. The fourth-order valence-electron chi connectivity index (χ4n) is 8.71. The molecule has 0 aliphatic rings. The fourth-order valence-corrected chi connectivity index (χ4v) is 10.8. The lowest BCUT2D eigenvalue weighted by Gasteiger charge is -2.07. The fraction of sp³-hybridized carbons (Fsp3) is 0.0385. The minimum absolute atomic E-state index is 0.0815. The summed E-state index contributed by atoms with van der Waals surface area (Å²) in [5.74, 6) is 0. The van der Waals surface area contributed by atoms with Crippen LogP contribution in [0.5, 0.6) is 0 Å². The van der Waals surface area contributed by atoms with E-state index < -0.39 is 33.9 Å². The number of thiophene rings is 2. The first-order valence-electron chi connectivity index (χ1n) is 20.7. The standard InChI is InChI=1S/C52H28N4O8S2/c57-45-33-19-29-15-7-8-16-30(29)20-34(33)46(58)41(45)53-39-23-37-49(65-39)44-43(55(37)51(61)63-25-27-11-3-1-4-12-27)50-38(56(44)52(62)64-26-28-13-5-2-6-14-28)24-40(66-50)54-42-47(59)35-21-31-17-9-10-18-32(31)22-36(35)48(42)60/h1-24H,25-26H2. The smallest absolute Gasteiger partial charge is 0.419 e. The first-order chi connectivity index (χ1) is 32.2. The van der Waals surface area contributed by atoms with E-state index in [1.54, 1.807) is 36.4 Å². The molecule has 0 saturated carbocycles. The normalized spacial score (nSPS) is 11.8. The van der Waals surface area contributed by atoms with Crippen molar-refractivity contribution < 1.29 is 19.1 Å². The van der Waals surface area contributed by atoms with Crippen molar-refractivity contribution in [2.45, 2.75) is 13.2 Å². The van der Waals surface area contributed by atoms with Gasteiger partial charge in [0.15, 0.2) is 10.7 Å². The van der Waals surface area contributed by atoms with Gasteiger partial charge >= 0.3 is 12.2 Å². The molecule has 0 spiro atoms. The molecular weight excluding hydrogens is 873 g/mol. The molecule has 0 fully saturated rings. The van der Waals surface area contributed by atoms with Gasteiger partial charge < -0.3 is 9.47 Å². The number of aromatic nitrogens is 2. The highest BCUT2D eigenvalue weighted by atomic mass is 32.1. The lowest BCUT2D eigenvalue weighted by atomic mass is 10.1. The van der Waals surface area contributed by atoms with Gasteiger partial charge in [0.1, 0.15) is 23.2 Å². The molecule has 4 aromatic heterocycles. The van der Waals surface area contributed by atoms with Gasteiger partial charge in [0.25, 0.3) is 0 Å². The van der Waals surface area contributed by atoms with E-state index in [0.29, 0.717) is 20.4 Å². The maximum atomic E-state index is 14.5. The molecule has 316 valence electrons. The highest BCUT2D eigenvalue weighted by molar-refractivity contribution is 7.25. The van der Waals surface area contributed by atoms with Crippen LogP contribution in [0.1, 0.15) is 11.1 Å². The molecule has 0 aliphatic heterocycles. The van der Waals surface area contributed by atoms with Gasteiger partial charge in [0.2, 0.25) is 21.7 Å². The SMILES string of the molecule is O=C(OCc1ccccc1)n1c2cc(N=c3c(=O)c4cc5ccccc5cc4c3=O)sc2c2c1c1sc(N=c3c(=O)c4cc5ccccc5cc4c3=O)cc1n2C(=O)OCc1ccccc1. The Kier molecular flexibility index (Phi) is 8.95. The van der Waals surface area contributed by atoms with Gasteiger partial charge in [0.05, 0.1) is 31.5 Å². The van der Waals surface area contributed by atoms with Gasteiger partial charge in [-0.3, -0.25) is 19.2 Å². The third-order valence-corrected chi connectivity index (χ3v) is 13.9. The zero-order valence-electron chi connectivity index (χ0n) is 34.1. The number of carbonyl (C=O) groups excluding carboxylic acids is 2. The molecule has 12 aromatic rings. The summed E-state index contributed by atoms with van der Waals surface area (Å²) >= 11 is 2.16. The molecule has 8 aromatic carbocycles. The quantitative estimate of drug-likeness (QED) is 0.160. The number of carbonyl (C=O) groups is 2. The summed E-state index contributed by atoms with van der Waals surface area (Å²) in [5, 5.41) is 4.15. The molecule has 0 unspecified atom stereocenters. The number of ether oxygens (including phenoxy) is 2. The summed E-state index contributed by atoms with van der Waals surface area (Å²) < 4.78 is 15.3. The Labute approximate surface area is 377 Å². The summed E-state index contributed by atoms with van der Waals surface area (Å²) in [4.78, 5) is 93.5. The van der Waals surface area contributed by atoms with Crippen molar-refractivity contribution in [2.75, 3.05) is 0 Å². The third-order valence-electron chi connectivity index (χ3n) is 11.8. The number of hydrogen-bond donors (Lipinski definition) is 0. The minimum atomic E-state index is -0.787. The Bertz CT molecular complexity index is 3950. The van der Waals surface area contributed by atoms with E-state index >= 15 is 0 Å². The van der Waals surface area contributed by atoms with Crippen LogP contribution in [0.2, 0.25) is 0 Å². The molecule has 0 aliphatic carbocycles. The van der Waals surface area contributed by atoms with Crippen molar-refractivity contribution in [1.29, 1.82) is 0 Å². The predicted molar refractivity (Wildman–Crippen MR) is 258 cm³/mol. The molecule has 0 bridgehead atoms. The van der Waals surface area contributed by atoms with E-state index in [-0.39, 0.29) is 66.5 Å². The average Bonchev–Trinajstić information content (AvgIpc) is 4.16. The molecule has 12 nitrogen and oxygen atoms in total. The van der Waals surface area contributed by atoms with E-state index in [1.807, 2.05) is 109 Å².